The smallest absolute Gasteiger partial charge is 0.255 e. The summed E-state index contributed by atoms with van der Waals surface area (Å²) in [6.45, 7) is -0.678. The van der Waals surface area contributed by atoms with Crippen molar-refractivity contribution in [2.24, 2.45) is 11.1 Å². The lowest BCUT2D eigenvalue weighted by Crippen LogP contribution is -2.12. The van der Waals surface area contributed by atoms with E-state index in [4.69, 9.17) is 5.14 Å². The topological polar surface area (TPSA) is 73.1 Å². The molecule has 1 heterocycles. The van der Waals surface area contributed by atoms with Crippen LogP contribution >= 0.6 is 0 Å². The molecule has 1 aromatic carbocycles. The Morgan fingerprint density at radius 1 is 1.00 bits per heavy atom. The second-order valence-electron chi connectivity index (χ2n) is 5.98. The zero-order valence-corrected chi connectivity index (χ0v) is 14.6. The van der Waals surface area contributed by atoms with Gasteiger partial charge in [0.25, 0.3) is 0 Å². The van der Waals surface area contributed by atoms with E-state index in [9.17, 15) is 26.0 Å². The van der Waals surface area contributed by atoms with Crippen molar-refractivity contribution >= 4 is 21.2 Å². The quantitative estimate of drug-likeness (QED) is 0.796. The third-order valence-electron chi connectivity index (χ3n) is 4.09. The molecule has 0 fully saturated rings. The predicted octanol–water partition coefficient (Wildman–Crippen LogP) is 3.81. The van der Waals surface area contributed by atoms with Gasteiger partial charge in [-0.3, -0.25) is 9.37 Å². The summed E-state index contributed by atoms with van der Waals surface area (Å²) >= 11 is 0. The van der Waals surface area contributed by atoms with Crippen LogP contribution in [0.25, 0.3) is 11.1 Å². The first kappa shape index (κ1) is 19.2. The van der Waals surface area contributed by atoms with E-state index in [2.05, 4.69) is 4.98 Å². The van der Waals surface area contributed by atoms with Crippen molar-refractivity contribution in [3.63, 3.8) is 0 Å². The summed E-state index contributed by atoms with van der Waals surface area (Å²) in [4.78, 5) is 3.88. The molecule has 27 heavy (non-hydrogen) atoms. The highest BCUT2D eigenvalue weighted by molar-refractivity contribution is 7.89. The molecule has 3 rings (SSSR count). The van der Waals surface area contributed by atoms with Gasteiger partial charge in [0.1, 0.15) is 4.90 Å². The molecule has 9 heteroatoms. The Labute approximate surface area is 153 Å². The standard InChI is InChI=1S/C18H14F4N2O2S/c19-9-11-7-15(12-1-3-13(4-2-12)18(20,21)22)16(8-11)17-6-5-14(10-24-17)27(23,25)26/h1-8,10-11H,9H2,(H2,23,25,26). The highest BCUT2D eigenvalue weighted by Crippen LogP contribution is 2.39. The highest BCUT2D eigenvalue weighted by atomic mass is 32.2. The van der Waals surface area contributed by atoms with Crippen LogP contribution in [0.2, 0.25) is 0 Å². The number of hydrogen-bond acceptors (Lipinski definition) is 3. The molecule has 142 valence electrons. The lowest BCUT2D eigenvalue weighted by Gasteiger charge is -2.11. The molecule has 1 aliphatic carbocycles. The number of aromatic nitrogens is 1. The van der Waals surface area contributed by atoms with Gasteiger partial charge in [0.15, 0.2) is 0 Å². The molecule has 0 spiro atoms. The SMILES string of the molecule is NS(=O)(=O)c1ccc(C2=CC(CF)C=C2c2ccc(C(F)(F)F)cc2)nc1. The molecule has 0 aliphatic heterocycles. The molecule has 1 unspecified atom stereocenters. The van der Waals surface area contributed by atoms with Crippen molar-refractivity contribution in [3.05, 3.63) is 71.6 Å². The minimum Gasteiger partial charge on any atom is -0.255 e. The van der Waals surface area contributed by atoms with Gasteiger partial charge >= 0.3 is 6.18 Å². The lowest BCUT2D eigenvalue weighted by molar-refractivity contribution is -0.137. The summed E-state index contributed by atoms with van der Waals surface area (Å²) in [6, 6.07) is 7.21. The monoisotopic (exact) mass is 398 g/mol. The van der Waals surface area contributed by atoms with E-state index in [-0.39, 0.29) is 4.90 Å². The summed E-state index contributed by atoms with van der Waals surface area (Å²) in [5.41, 5.74) is 1.10. The summed E-state index contributed by atoms with van der Waals surface area (Å²) in [5.74, 6) is -0.544. The van der Waals surface area contributed by atoms with Crippen molar-refractivity contribution < 1.29 is 26.0 Å². The van der Waals surface area contributed by atoms with Crippen molar-refractivity contribution in [1.29, 1.82) is 0 Å². The molecule has 1 aliphatic rings. The molecule has 1 aromatic heterocycles. The van der Waals surface area contributed by atoms with E-state index in [1.165, 1.54) is 24.3 Å². The van der Waals surface area contributed by atoms with Crippen LogP contribution in [0.1, 0.15) is 16.8 Å². The minimum absolute atomic E-state index is 0.174. The van der Waals surface area contributed by atoms with Crippen LogP contribution in [0.5, 0.6) is 0 Å². The Hall–Kier alpha value is -2.52. The third kappa shape index (κ3) is 4.09. The molecule has 0 saturated carbocycles. The maximum Gasteiger partial charge on any atom is 0.416 e. The first-order valence-corrected chi connectivity index (χ1v) is 9.31. The lowest BCUT2D eigenvalue weighted by atomic mass is 9.97. The fourth-order valence-corrected chi connectivity index (χ4v) is 3.22. The number of nitrogens with two attached hydrogens (primary N) is 1. The Bertz CT molecular complexity index is 1010. The number of nitrogens with zero attached hydrogens (tertiary/aromatic N) is 1. The van der Waals surface area contributed by atoms with Crippen LogP contribution in [-0.2, 0) is 16.2 Å². The zero-order valence-electron chi connectivity index (χ0n) is 13.7. The summed E-state index contributed by atoms with van der Waals surface area (Å²) in [6.07, 6.45) is -0.161. The van der Waals surface area contributed by atoms with Gasteiger partial charge in [-0.25, -0.2) is 13.6 Å². The van der Waals surface area contributed by atoms with Crippen LogP contribution < -0.4 is 5.14 Å². The molecule has 4 nitrogen and oxygen atoms in total. The predicted molar refractivity (Wildman–Crippen MR) is 92.5 cm³/mol. The van der Waals surface area contributed by atoms with E-state index in [1.807, 2.05) is 0 Å². The number of halogens is 4. The minimum atomic E-state index is -4.45. The number of rotatable bonds is 4. The first-order valence-electron chi connectivity index (χ1n) is 7.76. The maximum atomic E-state index is 13.2. The largest absolute Gasteiger partial charge is 0.416 e. The van der Waals surface area contributed by atoms with Crippen molar-refractivity contribution in [2.75, 3.05) is 6.67 Å². The van der Waals surface area contributed by atoms with Gasteiger partial charge in [-0.2, -0.15) is 13.2 Å². The number of alkyl halides is 4. The number of allylic oxidation sites excluding steroid dienone is 4. The van der Waals surface area contributed by atoms with E-state index in [0.717, 1.165) is 18.3 Å². The fraction of sp³-hybridized carbons (Fsp3) is 0.167. The van der Waals surface area contributed by atoms with Crippen LogP contribution in [-0.4, -0.2) is 20.1 Å². The van der Waals surface area contributed by atoms with Crippen LogP contribution in [0.3, 0.4) is 0 Å². The normalized spacial score (nSPS) is 17.6. The van der Waals surface area contributed by atoms with Gasteiger partial charge in [-0.1, -0.05) is 24.3 Å². The Morgan fingerprint density at radius 2 is 1.63 bits per heavy atom. The second-order valence-corrected chi connectivity index (χ2v) is 7.54. The van der Waals surface area contributed by atoms with Gasteiger partial charge in [0, 0.05) is 17.7 Å². The Morgan fingerprint density at radius 3 is 2.11 bits per heavy atom. The molecule has 2 N–H and O–H groups in total. The molecule has 0 saturated heterocycles. The summed E-state index contributed by atoms with van der Waals surface area (Å²) in [7, 11) is -3.91. The van der Waals surface area contributed by atoms with Crippen molar-refractivity contribution in [1.82, 2.24) is 4.98 Å². The van der Waals surface area contributed by atoms with Crippen LogP contribution in [0, 0.1) is 5.92 Å². The van der Waals surface area contributed by atoms with Crippen LogP contribution in [0.15, 0.2) is 59.6 Å². The third-order valence-corrected chi connectivity index (χ3v) is 4.99. The van der Waals surface area contributed by atoms with Gasteiger partial charge in [0.2, 0.25) is 10.0 Å². The number of primary sulfonamides is 1. The number of pyridine rings is 1. The Kier molecular flexibility index (Phi) is 4.92. The van der Waals surface area contributed by atoms with E-state index >= 15 is 0 Å². The van der Waals surface area contributed by atoms with E-state index in [0.29, 0.717) is 22.4 Å². The van der Waals surface area contributed by atoms with Gasteiger partial charge < -0.3 is 0 Å². The molecular weight excluding hydrogens is 384 g/mol. The molecule has 0 amide bonds. The molecule has 0 bridgehead atoms. The first-order chi connectivity index (χ1) is 12.6. The zero-order chi connectivity index (χ0) is 19.8. The van der Waals surface area contributed by atoms with Crippen molar-refractivity contribution in [3.8, 4) is 0 Å². The average molecular weight is 398 g/mol. The molecular formula is C18H14F4N2O2S. The summed E-state index contributed by atoms with van der Waals surface area (Å²) < 4.78 is 74.1. The number of benzene rings is 1. The van der Waals surface area contributed by atoms with Gasteiger partial charge in [-0.05, 0) is 35.4 Å². The highest BCUT2D eigenvalue weighted by Gasteiger charge is 2.30. The molecule has 2 aromatic rings. The van der Waals surface area contributed by atoms with Gasteiger partial charge in [0.05, 0.1) is 17.9 Å². The average Bonchev–Trinajstić information content (AvgIpc) is 3.05. The van der Waals surface area contributed by atoms with Crippen molar-refractivity contribution in [2.45, 2.75) is 11.1 Å². The second kappa shape index (κ2) is 6.90. The Balaban J connectivity index is 1.98. The van der Waals surface area contributed by atoms with Gasteiger partial charge in [-0.15, -0.1) is 0 Å². The molecule has 0 radical (unpaired) electrons. The fourth-order valence-electron chi connectivity index (χ4n) is 2.77. The molecule has 1 atom stereocenters. The van der Waals surface area contributed by atoms with E-state index in [1.54, 1.807) is 12.2 Å². The maximum absolute atomic E-state index is 13.2. The number of sulfonamides is 1. The number of hydrogen-bond donors (Lipinski definition) is 1. The summed E-state index contributed by atoms with van der Waals surface area (Å²) in [5, 5.41) is 5.04. The van der Waals surface area contributed by atoms with E-state index < -0.39 is 34.4 Å². The van der Waals surface area contributed by atoms with Crippen LogP contribution in [0.4, 0.5) is 17.6 Å².